The first-order chi connectivity index (χ1) is 8.33. The van der Waals surface area contributed by atoms with Crippen molar-refractivity contribution in [3.05, 3.63) is 53.9 Å². The minimum absolute atomic E-state index is 0.365. The van der Waals surface area contributed by atoms with E-state index in [1.54, 1.807) is 30.5 Å². The van der Waals surface area contributed by atoms with Gasteiger partial charge < -0.3 is 5.32 Å². The predicted octanol–water partition coefficient (Wildman–Crippen LogP) is 2.57. The van der Waals surface area contributed by atoms with Crippen LogP contribution in [0.15, 0.2) is 42.6 Å². The van der Waals surface area contributed by atoms with Gasteiger partial charge in [0, 0.05) is 0 Å². The number of aromatic nitrogens is 1. The van der Waals surface area contributed by atoms with Gasteiger partial charge in [0.1, 0.15) is 17.8 Å². The highest BCUT2D eigenvalue weighted by Gasteiger charge is 2.01. The summed E-state index contributed by atoms with van der Waals surface area (Å²) in [5.74, 6) is 0. The van der Waals surface area contributed by atoms with Crippen LogP contribution in [0.2, 0.25) is 0 Å². The largest absolute Gasteiger partial charge is 0.353 e. The molecule has 0 unspecified atom stereocenters. The van der Waals surface area contributed by atoms with Gasteiger partial charge in [0.15, 0.2) is 0 Å². The second-order valence-corrected chi connectivity index (χ2v) is 3.33. The molecule has 1 aromatic carbocycles. The Labute approximate surface area is 98.8 Å². The zero-order valence-electron chi connectivity index (χ0n) is 8.88. The first-order valence-electron chi connectivity index (χ1n) is 4.96. The molecule has 0 amide bonds. The Balaban J connectivity index is 2.26. The molecule has 0 saturated carbocycles. The van der Waals surface area contributed by atoms with E-state index < -0.39 is 0 Å². The molecule has 0 aliphatic rings. The highest BCUT2D eigenvalue weighted by molar-refractivity contribution is 5.65. The third kappa shape index (κ3) is 2.39. The second kappa shape index (κ2) is 4.78. The normalized spacial score (nSPS) is 9.06. The number of para-hydroxylation sites is 1. The van der Waals surface area contributed by atoms with Crippen LogP contribution in [0.4, 0.5) is 11.4 Å². The van der Waals surface area contributed by atoms with Crippen LogP contribution in [0, 0.1) is 22.7 Å². The highest BCUT2D eigenvalue weighted by Crippen LogP contribution is 2.19. The molecule has 2 rings (SSSR count). The number of rotatable bonds is 2. The Morgan fingerprint density at radius 3 is 2.47 bits per heavy atom. The Morgan fingerprint density at radius 2 is 1.82 bits per heavy atom. The van der Waals surface area contributed by atoms with Crippen molar-refractivity contribution in [1.82, 2.24) is 4.98 Å². The Bertz CT molecular complexity index is 603. The first-order valence-corrected chi connectivity index (χ1v) is 4.96. The summed E-state index contributed by atoms with van der Waals surface area (Å²) in [6.07, 6.45) is 1.56. The van der Waals surface area contributed by atoms with Crippen LogP contribution >= 0.6 is 0 Å². The van der Waals surface area contributed by atoms with E-state index in [2.05, 4.69) is 16.4 Å². The molecule has 4 heteroatoms. The lowest BCUT2D eigenvalue weighted by molar-refractivity contribution is 1.26. The van der Waals surface area contributed by atoms with Crippen molar-refractivity contribution >= 4 is 11.4 Å². The fourth-order valence-corrected chi connectivity index (χ4v) is 1.38. The lowest BCUT2D eigenvalue weighted by Gasteiger charge is -2.07. The SMILES string of the molecule is N#Cc1ccc(Nc2ccccc2C#N)cn1. The standard InChI is InChI=1S/C13H8N4/c14-7-10-3-1-2-4-13(10)17-12-6-5-11(8-15)16-9-12/h1-6,9,17H. The van der Waals surface area contributed by atoms with E-state index in [1.807, 2.05) is 18.2 Å². The third-order valence-electron chi connectivity index (χ3n) is 2.20. The molecular weight excluding hydrogens is 212 g/mol. The van der Waals surface area contributed by atoms with Gasteiger partial charge in [0.05, 0.1) is 23.1 Å². The van der Waals surface area contributed by atoms with Crippen LogP contribution in [0.5, 0.6) is 0 Å². The molecule has 0 bridgehead atoms. The van der Waals surface area contributed by atoms with Crippen LogP contribution in [0.3, 0.4) is 0 Å². The van der Waals surface area contributed by atoms with Crippen molar-refractivity contribution in [2.75, 3.05) is 5.32 Å². The lowest BCUT2D eigenvalue weighted by Crippen LogP contribution is -1.94. The Hall–Kier alpha value is -2.85. The molecule has 2 aromatic rings. The first kappa shape index (κ1) is 10.7. The van der Waals surface area contributed by atoms with Crippen LogP contribution in [0.1, 0.15) is 11.3 Å². The van der Waals surface area contributed by atoms with E-state index in [9.17, 15) is 0 Å². The van der Waals surface area contributed by atoms with Gasteiger partial charge >= 0.3 is 0 Å². The average molecular weight is 220 g/mol. The number of anilines is 2. The highest BCUT2D eigenvalue weighted by atomic mass is 14.9. The summed E-state index contributed by atoms with van der Waals surface area (Å²) in [6.45, 7) is 0. The van der Waals surface area contributed by atoms with Gasteiger partial charge in [-0.1, -0.05) is 12.1 Å². The number of nitrogens with one attached hydrogen (secondary N) is 1. The second-order valence-electron chi connectivity index (χ2n) is 3.33. The van der Waals surface area contributed by atoms with Crippen LogP contribution < -0.4 is 5.32 Å². The summed E-state index contributed by atoms with van der Waals surface area (Å²) < 4.78 is 0. The molecule has 0 radical (unpaired) electrons. The van der Waals surface area contributed by atoms with E-state index in [0.29, 0.717) is 11.3 Å². The topological polar surface area (TPSA) is 72.5 Å². The molecule has 17 heavy (non-hydrogen) atoms. The maximum absolute atomic E-state index is 8.93. The summed E-state index contributed by atoms with van der Waals surface area (Å²) >= 11 is 0. The summed E-state index contributed by atoms with van der Waals surface area (Å²) in [5, 5.41) is 20.6. The van der Waals surface area contributed by atoms with Crippen molar-refractivity contribution in [1.29, 1.82) is 10.5 Å². The number of benzene rings is 1. The monoisotopic (exact) mass is 220 g/mol. The van der Waals surface area contributed by atoms with Gasteiger partial charge in [-0.05, 0) is 24.3 Å². The molecular formula is C13H8N4. The zero-order chi connectivity index (χ0) is 12.1. The molecule has 1 aromatic heterocycles. The van der Waals surface area contributed by atoms with Crippen molar-refractivity contribution in [2.45, 2.75) is 0 Å². The smallest absolute Gasteiger partial charge is 0.140 e. The van der Waals surface area contributed by atoms with Gasteiger partial charge in [-0.25, -0.2) is 4.98 Å². The molecule has 0 aliphatic carbocycles. The van der Waals surface area contributed by atoms with Crippen LogP contribution in [0.25, 0.3) is 0 Å². The van der Waals surface area contributed by atoms with Gasteiger partial charge in [0.2, 0.25) is 0 Å². The molecule has 0 aliphatic heterocycles. The van der Waals surface area contributed by atoms with Crippen molar-refractivity contribution in [3.63, 3.8) is 0 Å². The number of pyridine rings is 1. The number of nitrogens with zero attached hydrogens (tertiary/aromatic N) is 3. The van der Waals surface area contributed by atoms with Crippen LogP contribution in [-0.2, 0) is 0 Å². The molecule has 0 fully saturated rings. The summed E-state index contributed by atoms with van der Waals surface area (Å²) in [5.41, 5.74) is 2.40. The van der Waals surface area contributed by atoms with E-state index >= 15 is 0 Å². The minimum atomic E-state index is 0.365. The maximum atomic E-state index is 8.93. The molecule has 0 saturated heterocycles. The van der Waals surface area contributed by atoms with E-state index in [-0.39, 0.29) is 0 Å². The van der Waals surface area contributed by atoms with Crippen molar-refractivity contribution in [2.24, 2.45) is 0 Å². The molecule has 4 nitrogen and oxygen atoms in total. The minimum Gasteiger partial charge on any atom is -0.353 e. The number of nitriles is 2. The third-order valence-corrected chi connectivity index (χ3v) is 2.20. The summed E-state index contributed by atoms with van der Waals surface area (Å²) in [6, 6.07) is 14.6. The van der Waals surface area contributed by atoms with E-state index in [4.69, 9.17) is 10.5 Å². The van der Waals surface area contributed by atoms with Gasteiger partial charge in [-0.15, -0.1) is 0 Å². The fraction of sp³-hybridized carbons (Fsp3) is 0. The van der Waals surface area contributed by atoms with Gasteiger partial charge in [-0.2, -0.15) is 10.5 Å². The van der Waals surface area contributed by atoms with Crippen molar-refractivity contribution < 1.29 is 0 Å². The Morgan fingerprint density at radius 1 is 1.00 bits per heavy atom. The predicted molar refractivity (Wildman–Crippen MR) is 63.4 cm³/mol. The summed E-state index contributed by atoms with van der Waals surface area (Å²) in [4.78, 5) is 3.94. The molecule has 0 spiro atoms. The maximum Gasteiger partial charge on any atom is 0.140 e. The van der Waals surface area contributed by atoms with E-state index in [1.165, 1.54) is 0 Å². The molecule has 1 N–H and O–H groups in total. The van der Waals surface area contributed by atoms with E-state index in [0.717, 1.165) is 11.4 Å². The summed E-state index contributed by atoms with van der Waals surface area (Å²) in [7, 11) is 0. The average Bonchev–Trinajstić information content (AvgIpc) is 2.40. The quantitative estimate of drug-likeness (QED) is 0.844. The zero-order valence-corrected chi connectivity index (χ0v) is 8.88. The Kier molecular flexibility index (Phi) is 3.00. The lowest BCUT2D eigenvalue weighted by atomic mass is 10.2. The van der Waals surface area contributed by atoms with Gasteiger partial charge in [-0.3, -0.25) is 0 Å². The van der Waals surface area contributed by atoms with Gasteiger partial charge in [0.25, 0.3) is 0 Å². The van der Waals surface area contributed by atoms with Crippen molar-refractivity contribution in [3.8, 4) is 12.1 Å². The number of hydrogen-bond acceptors (Lipinski definition) is 4. The fourth-order valence-electron chi connectivity index (χ4n) is 1.38. The molecule has 80 valence electrons. The molecule has 0 atom stereocenters. The van der Waals surface area contributed by atoms with Crippen LogP contribution in [-0.4, -0.2) is 4.98 Å². The molecule has 1 heterocycles. The number of hydrogen-bond donors (Lipinski definition) is 1.